The van der Waals surface area contributed by atoms with Crippen LogP contribution in [0.1, 0.15) is 34.1 Å². The van der Waals surface area contributed by atoms with Crippen LogP contribution in [-0.2, 0) is 17.8 Å². The predicted molar refractivity (Wildman–Crippen MR) is 123 cm³/mol. The van der Waals surface area contributed by atoms with Crippen molar-refractivity contribution in [3.05, 3.63) is 95.1 Å². The first kappa shape index (κ1) is 24.3. The van der Waals surface area contributed by atoms with Gasteiger partial charge < -0.3 is 19.9 Å². The molecular formula is C25H21FN4O6. The van der Waals surface area contributed by atoms with E-state index in [0.29, 0.717) is 12.1 Å². The summed E-state index contributed by atoms with van der Waals surface area (Å²) in [6.45, 7) is 1.19. The van der Waals surface area contributed by atoms with Crippen LogP contribution in [-0.4, -0.2) is 38.4 Å². The van der Waals surface area contributed by atoms with E-state index in [1.54, 1.807) is 6.07 Å². The topological polar surface area (TPSA) is 137 Å². The number of halogens is 1. The maximum Gasteiger partial charge on any atom is 0.344 e. The third-order valence-electron chi connectivity index (χ3n) is 5.07. The van der Waals surface area contributed by atoms with Crippen molar-refractivity contribution in [2.24, 2.45) is 0 Å². The van der Waals surface area contributed by atoms with Crippen molar-refractivity contribution in [2.45, 2.75) is 26.0 Å². The Hall–Kier alpha value is -4.80. The second-order valence-electron chi connectivity index (χ2n) is 7.67. The number of amides is 1. The highest BCUT2D eigenvalue weighted by Gasteiger charge is 2.20. The molecule has 1 unspecified atom stereocenters. The summed E-state index contributed by atoms with van der Waals surface area (Å²) in [6, 6.07) is 16.5. The zero-order valence-electron chi connectivity index (χ0n) is 19.1. The lowest BCUT2D eigenvalue weighted by atomic mass is 10.1. The summed E-state index contributed by atoms with van der Waals surface area (Å²) in [5, 5.41) is 19.2. The molecule has 0 fully saturated rings. The minimum absolute atomic E-state index is 0.0214. The molecule has 0 radical (unpaired) electrons. The fourth-order valence-corrected chi connectivity index (χ4v) is 3.18. The molecule has 2 heterocycles. The van der Waals surface area contributed by atoms with Gasteiger partial charge in [-0.05, 0) is 35.8 Å². The average molecular weight is 492 g/mol. The van der Waals surface area contributed by atoms with E-state index in [4.69, 9.17) is 19.2 Å². The van der Waals surface area contributed by atoms with Gasteiger partial charge in [0, 0.05) is 30.8 Å². The first-order valence-corrected chi connectivity index (χ1v) is 10.8. The summed E-state index contributed by atoms with van der Waals surface area (Å²) in [6.07, 6.45) is 0.720. The van der Waals surface area contributed by atoms with E-state index in [-0.39, 0.29) is 35.2 Å². The molecule has 36 heavy (non-hydrogen) atoms. The van der Waals surface area contributed by atoms with Gasteiger partial charge in [-0.15, -0.1) is 0 Å². The van der Waals surface area contributed by atoms with Crippen molar-refractivity contribution >= 4 is 11.9 Å². The fraction of sp³-hybridized carbons (Fsp3) is 0.160. The van der Waals surface area contributed by atoms with Crippen LogP contribution in [0.25, 0.3) is 0 Å². The van der Waals surface area contributed by atoms with E-state index < -0.39 is 23.8 Å². The highest BCUT2D eigenvalue weighted by molar-refractivity contribution is 5.96. The average Bonchev–Trinajstić information content (AvgIpc) is 3.30. The number of benzene rings is 2. The summed E-state index contributed by atoms with van der Waals surface area (Å²) in [5.74, 6) is -2.27. The third kappa shape index (κ3) is 6.00. The number of carbonyl (C=O) groups excluding carboxylic acids is 1. The number of hydrogen-bond acceptors (Lipinski definition) is 8. The number of carbonyl (C=O) groups is 2. The smallest absolute Gasteiger partial charge is 0.344 e. The van der Waals surface area contributed by atoms with E-state index in [9.17, 15) is 14.0 Å². The number of pyridine rings is 1. The Morgan fingerprint density at radius 3 is 2.64 bits per heavy atom. The number of nitrogens with zero attached hydrogens (tertiary/aromatic N) is 3. The van der Waals surface area contributed by atoms with Crippen LogP contribution in [0.2, 0.25) is 0 Å². The van der Waals surface area contributed by atoms with Crippen molar-refractivity contribution in [3.63, 3.8) is 0 Å². The van der Waals surface area contributed by atoms with E-state index in [2.05, 4.69) is 20.6 Å². The summed E-state index contributed by atoms with van der Waals surface area (Å²) in [7, 11) is 0. The van der Waals surface area contributed by atoms with Crippen LogP contribution in [0.15, 0.2) is 71.5 Å². The van der Waals surface area contributed by atoms with Crippen LogP contribution in [0, 0.1) is 5.82 Å². The van der Waals surface area contributed by atoms with E-state index in [1.807, 2.05) is 30.3 Å². The Labute approximate surface area is 204 Å². The van der Waals surface area contributed by atoms with Gasteiger partial charge in [0.2, 0.25) is 5.88 Å². The fourth-order valence-electron chi connectivity index (χ4n) is 3.18. The maximum absolute atomic E-state index is 14.5. The molecule has 0 aliphatic rings. The molecule has 2 N–H and O–H groups in total. The lowest BCUT2D eigenvalue weighted by Gasteiger charge is -2.12. The van der Waals surface area contributed by atoms with E-state index in [1.165, 1.54) is 31.3 Å². The zero-order valence-corrected chi connectivity index (χ0v) is 19.1. The molecule has 4 aromatic rings. The van der Waals surface area contributed by atoms with Gasteiger partial charge in [-0.25, -0.2) is 18.8 Å². The Kier molecular flexibility index (Phi) is 7.49. The predicted octanol–water partition coefficient (Wildman–Crippen LogP) is 3.77. The lowest BCUT2D eigenvalue weighted by molar-refractivity contribution is -0.144. The number of rotatable bonds is 10. The number of carboxylic acid groups (broad SMARTS) is 1. The molecule has 1 amide bonds. The minimum atomic E-state index is -1.17. The van der Waals surface area contributed by atoms with Crippen molar-refractivity contribution in [1.29, 1.82) is 0 Å². The third-order valence-corrected chi connectivity index (χ3v) is 5.07. The van der Waals surface area contributed by atoms with Gasteiger partial charge in [0.1, 0.15) is 17.1 Å². The molecule has 0 spiro atoms. The molecule has 0 bridgehead atoms. The van der Waals surface area contributed by atoms with Crippen LogP contribution in [0.5, 0.6) is 17.5 Å². The molecule has 10 nitrogen and oxygen atoms in total. The van der Waals surface area contributed by atoms with Crippen molar-refractivity contribution in [1.82, 2.24) is 20.6 Å². The highest BCUT2D eigenvalue weighted by Crippen LogP contribution is 2.25. The molecule has 11 heteroatoms. The monoisotopic (exact) mass is 492 g/mol. The van der Waals surface area contributed by atoms with Gasteiger partial charge in [0.25, 0.3) is 11.8 Å². The number of aliphatic carboxylic acids is 1. The Bertz CT molecular complexity index is 1360. The number of hydrogen-bond donors (Lipinski definition) is 2. The normalized spacial score (nSPS) is 11.5. The van der Waals surface area contributed by atoms with Gasteiger partial charge in [-0.2, -0.15) is 0 Å². The number of carboxylic acids is 1. The summed E-state index contributed by atoms with van der Waals surface area (Å²) in [4.78, 5) is 27.9. The molecule has 2 aromatic carbocycles. The molecule has 184 valence electrons. The summed E-state index contributed by atoms with van der Waals surface area (Å²) in [5.41, 5.74) is 1.67. The Morgan fingerprint density at radius 1 is 1.08 bits per heavy atom. The summed E-state index contributed by atoms with van der Waals surface area (Å²) >= 11 is 0. The van der Waals surface area contributed by atoms with Crippen molar-refractivity contribution in [2.75, 3.05) is 0 Å². The lowest BCUT2D eigenvalue weighted by Crippen LogP contribution is -2.24. The second kappa shape index (κ2) is 11.1. The zero-order chi connectivity index (χ0) is 25.5. The van der Waals surface area contributed by atoms with Crippen LogP contribution in [0.4, 0.5) is 4.39 Å². The molecule has 0 aliphatic carbocycles. The van der Waals surface area contributed by atoms with E-state index in [0.717, 1.165) is 11.6 Å². The standard InChI is InChI=1S/C25H21FN4O6/c1-15(25(32)33)34-18-10-9-17(20(26)13-18)14-28-22(31)19-8-5-11-27-23(19)35-24-21(29-36-30-24)12-16-6-3-2-4-7-16/h2-11,13,15H,12,14H2,1H3,(H,28,31)(H,32,33). The van der Waals surface area contributed by atoms with Gasteiger partial charge in [-0.1, -0.05) is 41.6 Å². The van der Waals surface area contributed by atoms with Crippen LogP contribution in [0.3, 0.4) is 0 Å². The minimum Gasteiger partial charge on any atom is -0.479 e. The van der Waals surface area contributed by atoms with Gasteiger partial charge in [0.15, 0.2) is 11.8 Å². The molecule has 0 saturated carbocycles. The maximum atomic E-state index is 14.5. The van der Waals surface area contributed by atoms with Crippen LogP contribution >= 0.6 is 0 Å². The van der Waals surface area contributed by atoms with Gasteiger partial charge in [-0.3, -0.25) is 4.79 Å². The quantitative estimate of drug-likeness (QED) is 0.339. The molecule has 1 atom stereocenters. The molecule has 4 rings (SSSR count). The number of aromatic nitrogens is 3. The van der Waals surface area contributed by atoms with Crippen molar-refractivity contribution < 1.29 is 33.2 Å². The SMILES string of the molecule is CC(Oc1ccc(CNC(=O)c2cccnc2Oc2nonc2Cc2ccccc2)c(F)c1)C(=O)O. The van der Waals surface area contributed by atoms with Crippen LogP contribution < -0.4 is 14.8 Å². The number of nitrogens with one attached hydrogen (secondary N) is 1. The summed E-state index contributed by atoms with van der Waals surface area (Å²) < 4.78 is 30.2. The Morgan fingerprint density at radius 2 is 1.89 bits per heavy atom. The second-order valence-corrected chi connectivity index (χ2v) is 7.67. The molecule has 2 aromatic heterocycles. The van der Waals surface area contributed by atoms with Crippen molar-refractivity contribution in [3.8, 4) is 17.5 Å². The molecular weight excluding hydrogens is 471 g/mol. The number of ether oxygens (including phenoxy) is 2. The van der Waals surface area contributed by atoms with Gasteiger partial charge >= 0.3 is 5.97 Å². The van der Waals surface area contributed by atoms with Gasteiger partial charge in [0.05, 0.1) is 0 Å². The highest BCUT2D eigenvalue weighted by atomic mass is 19.1. The largest absolute Gasteiger partial charge is 0.479 e. The first-order chi connectivity index (χ1) is 17.4. The first-order valence-electron chi connectivity index (χ1n) is 10.8. The van der Waals surface area contributed by atoms with E-state index >= 15 is 0 Å². The molecule has 0 aliphatic heterocycles. The molecule has 0 saturated heterocycles. The Balaban J connectivity index is 1.43.